The van der Waals surface area contributed by atoms with Crippen molar-refractivity contribution in [1.29, 1.82) is 0 Å². The molecular formula is C16H14FNO4S. The summed E-state index contributed by atoms with van der Waals surface area (Å²) in [5.74, 6) is -1.62. The summed E-state index contributed by atoms with van der Waals surface area (Å²) < 4.78 is 40.3. The molecule has 7 heteroatoms. The molecule has 2 aromatic rings. The first-order chi connectivity index (χ1) is 10.9. The molecule has 1 aliphatic heterocycles. The quantitative estimate of drug-likeness (QED) is 0.936. The predicted molar refractivity (Wildman–Crippen MR) is 82.7 cm³/mol. The third kappa shape index (κ3) is 2.79. The molecule has 0 amide bonds. The minimum Gasteiger partial charge on any atom is -0.478 e. The fourth-order valence-electron chi connectivity index (χ4n) is 2.66. The molecule has 1 N–H and O–H groups in total. The number of hydrogen-bond acceptors (Lipinski definition) is 3. The molecule has 0 aromatic heterocycles. The lowest BCUT2D eigenvalue weighted by Gasteiger charge is -2.30. The second-order valence-corrected chi connectivity index (χ2v) is 7.15. The largest absolute Gasteiger partial charge is 0.478 e. The van der Waals surface area contributed by atoms with Crippen LogP contribution in [0.15, 0.2) is 47.4 Å². The molecule has 0 unspecified atom stereocenters. The monoisotopic (exact) mass is 335 g/mol. The van der Waals surface area contributed by atoms with Crippen LogP contribution < -0.4 is 4.31 Å². The number of carboxylic acids is 1. The van der Waals surface area contributed by atoms with E-state index in [9.17, 15) is 17.6 Å². The summed E-state index contributed by atoms with van der Waals surface area (Å²) >= 11 is 0. The van der Waals surface area contributed by atoms with Gasteiger partial charge < -0.3 is 5.11 Å². The Morgan fingerprint density at radius 1 is 1.13 bits per heavy atom. The fourth-order valence-corrected chi connectivity index (χ4v) is 4.19. The number of aryl methyl sites for hydroxylation is 1. The van der Waals surface area contributed by atoms with Gasteiger partial charge in [0.15, 0.2) is 0 Å². The summed E-state index contributed by atoms with van der Waals surface area (Å²) in [6.07, 6.45) is 1.34. The van der Waals surface area contributed by atoms with Gasteiger partial charge >= 0.3 is 5.97 Å². The molecule has 3 rings (SSSR count). The number of fused-ring (bicyclic) bond motifs is 1. The number of hydrogen-bond donors (Lipinski definition) is 1. The summed E-state index contributed by atoms with van der Waals surface area (Å²) in [6, 6.07) is 9.13. The summed E-state index contributed by atoms with van der Waals surface area (Å²) in [5, 5.41) is 8.89. The molecule has 1 heterocycles. The van der Waals surface area contributed by atoms with E-state index in [0.717, 1.165) is 5.56 Å². The normalized spacial score (nSPS) is 14.4. The Morgan fingerprint density at radius 2 is 1.83 bits per heavy atom. The molecule has 0 spiro atoms. The number of carbonyl (C=O) groups is 1. The topological polar surface area (TPSA) is 74.7 Å². The number of halogens is 1. The van der Waals surface area contributed by atoms with E-state index >= 15 is 0 Å². The zero-order valence-electron chi connectivity index (χ0n) is 12.1. The molecular weight excluding hydrogens is 321 g/mol. The Hall–Kier alpha value is -2.41. The van der Waals surface area contributed by atoms with Gasteiger partial charge in [0.05, 0.1) is 16.1 Å². The predicted octanol–water partition coefficient (Wildman–Crippen LogP) is 2.67. The molecule has 23 heavy (non-hydrogen) atoms. The Morgan fingerprint density at radius 3 is 2.48 bits per heavy atom. The highest BCUT2D eigenvalue weighted by molar-refractivity contribution is 7.92. The molecule has 0 saturated carbocycles. The lowest BCUT2D eigenvalue weighted by molar-refractivity contribution is 0.0696. The molecule has 0 fully saturated rings. The van der Waals surface area contributed by atoms with Crippen molar-refractivity contribution in [3.8, 4) is 0 Å². The van der Waals surface area contributed by atoms with Crippen molar-refractivity contribution in [2.24, 2.45) is 0 Å². The number of sulfonamides is 1. The Balaban J connectivity index is 2.04. The Kier molecular flexibility index (Phi) is 3.81. The van der Waals surface area contributed by atoms with Gasteiger partial charge in [-0.1, -0.05) is 6.07 Å². The van der Waals surface area contributed by atoms with E-state index in [2.05, 4.69) is 0 Å². The molecule has 0 radical (unpaired) electrons. The van der Waals surface area contributed by atoms with Crippen molar-refractivity contribution in [2.75, 3.05) is 10.8 Å². The summed E-state index contributed by atoms with van der Waals surface area (Å²) in [7, 11) is -3.86. The maximum Gasteiger partial charge on any atom is 0.335 e. The molecule has 0 bridgehead atoms. The highest BCUT2D eigenvalue weighted by atomic mass is 32.2. The van der Waals surface area contributed by atoms with Gasteiger partial charge in [-0.2, -0.15) is 0 Å². The van der Waals surface area contributed by atoms with Gasteiger partial charge in [-0.25, -0.2) is 17.6 Å². The van der Waals surface area contributed by atoms with Crippen molar-refractivity contribution < 1.29 is 22.7 Å². The second-order valence-electron chi connectivity index (χ2n) is 5.28. The summed E-state index contributed by atoms with van der Waals surface area (Å²) in [4.78, 5) is 10.8. The first-order valence-corrected chi connectivity index (χ1v) is 8.48. The standard InChI is InChI=1S/C16H14FNO4S/c17-13-6-3-11-2-1-9-18(15(11)10-13)23(21,22)14-7-4-12(5-8-14)16(19)20/h3-8,10H,1-2,9H2,(H,19,20). The second kappa shape index (κ2) is 5.66. The smallest absolute Gasteiger partial charge is 0.335 e. The molecule has 0 saturated heterocycles. The van der Waals surface area contributed by atoms with Crippen LogP contribution in [0.2, 0.25) is 0 Å². The van der Waals surface area contributed by atoms with E-state index in [-0.39, 0.29) is 17.0 Å². The van der Waals surface area contributed by atoms with Crippen molar-refractivity contribution in [1.82, 2.24) is 0 Å². The average Bonchev–Trinajstić information content (AvgIpc) is 2.54. The van der Waals surface area contributed by atoms with Gasteiger partial charge in [0.2, 0.25) is 0 Å². The van der Waals surface area contributed by atoms with Crippen LogP contribution in [-0.2, 0) is 16.4 Å². The molecule has 1 aliphatic rings. The highest BCUT2D eigenvalue weighted by Gasteiger charge is 2.29. The molecule has 0 atom stereocenters. The van der Waals surface area contributed by atoms with E-state index < -0.39 is 21.8 Å². The fraction of sp³-hybridized carbons (Fsp3) is 0.188. The molecule has 0 aliphatic carbocycles. The van der Waals surface area contributed by atoms with Gasteiger partial charge in [0.1, 0.15) is 5.82 Å². The first-order valence-electron chi connectivity index (χ1n) is 7.04. The minimum atomic E-state index is -3.86. The number of anilines is 1. The van der Waals surface area contributed by atoms with Crippen LogP contribution in [-0.4, -0.2) is 26.0 Å². The van der Waals surface area contributed by atoms with Gasteiger partial charge in [-0.15, -0.1) is 0 Å². The van der Waals surface area contributed by atoms with Crippen molar-refractivity contribution in [2.45, 2.75) is 17.7 Å². The van der Waals surface area contributed by atoms with Crippen LogP contribution in [0.5, 0.6) is 0 Å². The molecule has 2 aromatic carbocycles. The lowest BCUT2D eigenvalue weighted by atomic mass is 10.0. The SMILES string of the molecule is O=C(O)c1ccc(S(=O)(=O)N2CCCc3ccc(F)cc32)cc1. The van der Waals surface area contributed by atoms with Gasteiger partial charge in [-0.3, -0.25) is 4.31 Å². The Bertz CT molecular complexity index is 862. The van der Waals surface area contributed by atoms with Crippen LogP contribution >= 0.6 is 0 Å². The van der Waals surface area contributed by atoms with Gasteiger partial charge in [-0.05, 0) is 54.8 Å². The minimum absolute atomic E-state index is 0.00837. The average molecular weight is 335 g/mol. The van der Waals surface area contributed by atoms with Crippen LogP contribution in [0, 0.1) is 5.82 Å². The zero-order valence-corrected chi connectivity index (χ0v) is 12.9. The van der Waals surface area contributed by atoms with E-state index in [1.807, 2.05) is 0 Å². The van der Waals surface area contributed by atoms with Crippen molar-refractivity contribution >= 4 is 21.7 Å². The zero-order chi connectivity index (χ0) is 16.6. The summed E-state index contributed by atoms with van der Waals surface area (Å²) in [6.45, 7) is 0.263. The van der Waals surface area contributed by atoms with Crippen LogP contribution in [0.1, 0.15) is 22.3 Å². The molecule has 120 valence electrons. The van der Waals surface area contributed by atoms with E-state index in [1.54, 1.807) is 6.07 Å². The first kappa shape index (κ1) is 15.5. The van der Waals surface area contributed by atoms with Crippen LogP contribution in [0.4, 0.5) is 10.1 Å². The maximum absolute atomic E-state index is 13.5. The third-order valence-corrected chi connectivity index (χ3v) is 5.64. The summed E-state index contributed by atoms with van der Waals surface area (Å²) in [5.41, 5.74) is 1.14. The van der Waals surface area contributed by atoms with Gasteiger partial charge in [0, 0.05) is 6.54 Å². The molecule has 5 nitrogen and oxygen atoms in total. The number of aromatic carboxylic acids is 1. The maximum atomic E-state index is 13.5. The van der Waals surface area contributed by atoms with Crippen molar-refractivity contribution in [3.63, 3.8) is 0 Å². The lowest BCUT2D eigenvalue weighted by Crippen LogP contribution is -2.35. The Labute approximate surface area is 133 Å². The van der Waals surface area contributed by atoms with E-state index in [4.69, 9.17) is 5.11 Å². The number of benzene rings is 2. The number of nitrogens with zero attached hydrogens (tertiary/aromatic N) is 1. The van der Waals surface area contributed by atoms with E-state index in [1.165, 1.54) is 40.7 Å². The van der Waals surface area contributed by atoms with Crippen molar-refractivity contribution in [3.05, 3.63) is 59.4 Å². The van der Waals surface area contributed by atoms with E-state index in [0.29, 0.717) is 18.5 Å². The van der Waals surface area contributed by atoms with Gasteiger partial charge in [0.25, 0.3) is 10.0 Å². The van der Waals surface area contributed by atoms with Crippen LogP contribution in [0.3, 0.4) is 0 Å². The number of carboxylic acid groups (broad SMARTS) is 1. The van der Waals surface area contributed by atoms with Crippen LogP contribution in [0.25, 0.3) is 0 Å². The third-order valence-electron chi connectivity index (χ3n) is 3.81. The highest BCUT2D eigenvalue weighted by Crippen LogP contribution is 2.32. The number of rotatable bonds is 3.